The fourth-order valence-corrected chi connectivity index (χ4v) is 3.67. The minimum Gasteiger partial charge on any atom is -0.493 e. The van der Waals surface area contributed by atoms with Crippen molar-refractivity contribution in [3.05, 3.63) is 91.4 Å². The molecule has 0 aliphatic rings. The highest BCUT2D eigenvalue weighted by molar-refractivity contribution is 9.10. The zero-order valence-electron chi connectivity index (χ0n) is 16.8. The number of amides is 1. The molecule has 1 amide bonds. The van der Waals surface area contributed by atoms with E-state index in [-0.39, 0.29) is 5.91 Å². The number of benzene rings is 3. The van der Waals surface area contributed by atoms with Crippen LogP contribution in [0.1, 0.15) is 27.0 Å². The molecule has 3 aromatic rings. The van der Waals surface area contributed by atoms with E-state index in [1.54, 1.807) is 31.4 Å². The van der Waals surface area contributed by atoms with Gasteiger partial charge >= 0.3 is 0 Å². The number of carbonyl (C=O) groups is 1. The Kier molecular flexibility index (Phi) is 7.96. The van der Waals surface area contributed by atoms with Crippen LogP contribution in [0.15, 0.2) is 64.2 Å². The number of hydrazone groups is 1. The van der Waals surface area contributed by atoms with Crippen LogP contribution in [-0.4, -0.2) is 19.2 Å². The maximum atomic E-state index is 12.2. The van der Waals surface area contributed by atoms with Crippen LogP contribution in [0.25, 0.3) is 0 Å². The lowest BCUT2D eigenvalue weighted by Gasteiger charge is -2.13. The molecule has 3 rings (SSSR count). The predicted octanol–water partition coefficient (Wildman–Crippen LogP) is 6.42. The van der Waals surface area contributed by atoms with Crippen LogP contribution in [0.5, 0.6) is 11.5 Å². The van der Waals surface area contributed by atoms with Gasteiger partial charge in [0, 0.05) is 15.6 Å². The number of rotatable bonds is 7. The Labute approximate surface area is 199 Å². The Morgan fingerprint density at radius 2 is 1.97 bits per heavy atom. The topological polar surface area (TPSA) is 59.9 Å². The molecular formula is C23H19BrCl2N2O3. The second-order valence-electron chi connectivity index (χ2n) is 6.62. The monoisotopic (exact) mass is 520 g/mol. The fourth-order valence-electron chi connectivity index (χ4n) is 2.70. The van der Waals surface area contributed by atoms with Crippen molar-refractivity contribution in [2.24, 2.45) is 5.10 Å². The van der Waals surface area contributed by atoms with Gasteiger partial charge in [0.15, 0.2) is 11.5 Å². The Morgan fingerprint density at radius 1 is 1.16 bits per heavy atom. The van der Waals surface area contributed by atoms with Gasteiger partial charge in [0.2, 0.25) is 0 Å². The van der Waals surface area contributed by atoms with E-state index >= 15 is 0 Å². The molecule has 1 N–H and O–H groups in total. The summed E-state index contributed by atoms with van der Waals surface area (Å²) in [5, 5.41) is 5.19. The summed E-state index contributed by atoms with van der Waals surface area (Å²) in [7, 11) is 1.55. The molecule has 0 heterocycles. The van der Waals surface area contributed by atoms with Gasteiger partial charge in [-0.2, -0.15) is 5.10 Å². The van der Waals surface area contributed by atoms with E-state index in [1.165, 1.54) is 6.21 Å². The molecule has 0 spiro atoms. The molecule has 0 saturated carbocycles. The average Bonchev–Trinajstić information content (AvgIpc) is 2.74. The van der Waals surface area contributed by atoms with Crippen LogP contribution >= 0.6 is 39.1 Å². The summed E-state index contributed by atoms with van der Waals surface area (Å²) < 4.78 is 12.1. The highest BCUT2D eigenvalue weighted by atomic mass is 79.9. The maximum Gasteiger partial charge on any atom is 0.271 e. The molecule has 8 heteroatoms. The highest BCUT2D eigenvalue weighted by Crippen LogP contribution is 2.37. The summed E-state index contributed by atoms with van der Waals surface area (Å²) in [5.74, 6) is 0.720. The summed E-state index contributed by atoms with van der Waals surface area (Å²) in [5.41, 5.74) is 5.46. The van der Waals surface area contributed by atoms with Crippen molar-refractivity contribution < 1.29 is 14.3 Å². The van der Waals surface area contributed by atoms with Gasteiger partial charge in [0.25, 0.3) is 5.91 Å². The van der Waals surface area contributed by atoms with Crippen molar-refractivity contribution in [1.82, 2.24) is 5.43 Å². The van der Waals surface area contributed by atoms with Crippen LogP contribution in [0, 0.1) is 6.92 Å². The summed E-state index contributed by atoms with van der Waals surface area (Å²) in [6.45, 7) is 2.20. The number of hydrogen-bond acceptors (Lipinski definition) is 4. The number of ether oxygens (including phenoxy) is 2. The van der Waals surface area contributed by atoms with Gasteiger partial charge in [0.1, 0.15) is 6.61 Å². The second-order valence-corrected chi connectivity index (χ2v) is 8.31. The molecular weight excluding hydrogens is 503 g/mol. The van der Waals surface area contributed by atoms with E-state index < -0.39 is 0 Å². The van der Waals surface area contributed by atoms with Gasteiger partial charge in [-0.1, -0.05) is 41.4 Å². The van der Waals surface area contributed by atoms with E-state index in [9.17, 15) is 4.79 Å². The first kappa shape index (κ1) is 23.1. The third kappa shape index (κ3) is 6.23. The summed E-state index contributed by atoms with van der Waals surface area (Å²) >= 11 is 15.6. The van der Waals surface area contributed by atoms with E-state index in [1.807, 2.05) is 37.3 Å². The van der Waals surface area contributed by atoms with E-state index in [2.05, 4.69) is 26.5 Å². The molecule has 0 bridgehead atoms. The minimum atomic E-state index is -0.356. The van der Waals surface area contributed by atoms with Gasteiger partial charge in [-0.15, -0.1) is 0 Å². The molecule has 160 valence electrons. The zero-order chi connectivity index (χ0) is 22.4. The lowest BCUT2D eigenvalue weighted by atomic mass is 10.1. The SMILES string of the molecule is COc1cc(/C=N\NC(=O)c2ccc(C)c(Cl)c2)cc(Br)c1OCc1cccc(Cl)c1. The largest absolute Gasteiger partial charge is 0.493 e. The molecule has 0 saturated heterocycles. The highest BCUT2D eigenvalue weighted by Gasteiger charge is 2.12. The Balaban J connectivity index is 1.69. The van der Waals surface area contributed by atoms with E-state index in [0.29, 0.717) is 43.8 Å². The number of nitrogens with zero attached hydrogens (tertiary/aromatic N) is 1. The number of carbonyl (C=O) groups excluding carboxylic acids is 1. The van der Waals surface area contributed by atoms with Gasteiger partial charge in [-0.3, -0.25) is 4.79 Å². The van der Waals surface area contributed by atoms with E-state index in [4.69, 9.17) is 32.7 Å². The molecule has 5 nitrogen and oxygen atoms in total. The Hall–Kier alpha value is -2.54. The average molecular weight is 522 g/mol. The molecule has 0 radical (unpaired) electrons. The summed E-state index contributed by atoms with van der Waals surface area (Å²) in [6, 6.07) is 16.1. The second kappa shape index (κ2) is 10.7. The van der Waals surface area contributed by atoms with Crippen molar-refractivity contribution in [3.63, 3.8) is 0 Å². The van der Waals surface area contributed by atoms with Crippen molar-refractivity contribution >= 4 is 51.3 Å². The first-order chi connectivity index (χ1) is 14.9. The molecule has 31 heavy (non-hydrogen) atoms. The molecule has 0 aliphatic heterocycles. The molecule has 3 aromatic carbocycles. The van der Waals surface area contributed by atoms with Crippen LogP contribution < -0.4 is 14.9 Å². The normalized spacial score (nSPS) is 10.9. The van der Waals surface area contributed by atoms with Gasteiger partial charge in [-0.25, -0.2) is 5.43 Å². The number of halogens is 3. The lowest BCUT2D eigenvalue weighted by molar-refractivity contribution is 0.0955. The molecule has 0 unspecified atom stereocenters. The molecule has 0 fully saturated rings. The predicted molar refractivity (Wildman–Crippen MR) is 128 cm³/mol. The van der Waals surface area contributed by atoms with E-state index in [0.717, 1.165) is 11.1 Å². The van der Waals surface area contributed by atoms with Crippen molar-refractivity contribution in [2.75, 3.05) is 7.11 Å². The quantitative estimate of drug-likeness (QED) is 0.288. The fraction of sp³-hybridized carbons (Fsp3) is 0.130. The standard InChI is InChI=1S/C23H19BrCl2N2O3/c1-14-6-7-17(11-20(14)26)23(29)28-27-12-16-9-19(24)22(21(10-16)30-2)31-13-15-4-3-5-18(25)8-15/h3-12H,13H2,1-2H3,(H,28,29)/b27-12-. The minimum absolute atomic E-state index is 0.331. The van der Waals surface area contributed by atoms with Crippen LogP contribution in [0.3, 0.4) is 0 Å². The third-order valence-electron chi connectivity index (χ3n) is 4.34. The number of hydrogen-bond donors (Lipinski definition) is 1. The van der Waals surface area contributed by atoms with Crippen molar-refractivity contribution in [3.8, 4) is 11.5 Å². The lowest BCUT2D eigenvalue weighted by Crippen LogP contribution is -2.17. The first-order valence-electron chi connectivity index (χ1n) is 9.21. The van der Waals surface area contributed by atoms with Crippen LogP contribution in [0.4, 0.5) is 0 Å². The van der Waals surface area contributed by atoms with Crippen molar-refractivity contribution in [2.45, 2.75) is 13.5 Å². The maximum absolute atomic E-state index is 12.2. The van der Waals surface area contributed by atoms with Crippen LogP contribution in [0.2, 0.25) is 10.0 Å². The first-order valence-corrected chi connectivity index (χ1v) is 10.8. The van der Waals surface area contributed by atoms with Crippen molar-refractivity contribution in [1.29, 1.82) is 0 Å². The smallest absolute Gasteiger partial charge is 0.271 e. The number of aryl methyl sites for hydroxylation is 1. The van der Waals surface area contributed by atoms with Gasteiger partial charge in [-0.05, 0) is 75.9 Å². The summed E-state index contributed by atoms with van der Waals surface area (Å²) in [6.07, 6.45) is 1.52. The zero-order valence-corrected chi connectivity index (χ0v) is 19.9. The van der Waals surface area contributed by atoms with Crippen LogP contribution in [-0.2, 0) is 6.61 Å². The summed E-state index contributed by atoms with van der Waals surface area (Å²) in [4.78, 5) is 12.2. The Morgan fingerprint density at radius 3 is 2.68 bits per heavy atom. The van der Waals surface area contributed by atoms with Gasteiger partial charge < -0.3 is 9.47 Å². The molecule has 0 atom stereocenters. The third-order valence-corrected chi connectivity index (χ3v) is 5.57. The number of methoxy groups -OCH3 is 1. The molecule has 0 aromatic heterocycles. The number of nitrogens with one attached hydrogen (secondary N) is 1. The Bertz CT molecular complexity index is 1140. The van der Waals surface area contributed by atoms with Gasteiger partial charge in [0.05, 0.1) is 17.8 Å². The molecule has 0 aliphatic carbocycles.